The van der Waals surface area contributed by atoms with E-state index in [4.69, 9.17) is 14.2 Å². The van der Waals surface area contributed by atoms with E-state index in [1.165, 1.54) is 10.9 Å². The smallest absolute Gasteiger partial charge is 0.299 e. The van der Waals surface area contributed by atoms with Gasteiger partial charge in [0.05, 0.1) is 11.9 Å². The third-order valence-corrected chi connectivity index (χ3v) is 5.60. The van der Waals surface area contributed by atoms with Gasteiger partial charge in [0.15, 0.2) is 22.9 Å². The van der Waals surface area contributed by atoms with Crippen LogP contribution in [0.25, 0.3) is 5.69 Å². The SMILES string of the molecule is CC(C)CNC(=O)c1ccc(Nc2c(Oc3ccc4c(c3)OCO4)cnn(-c3ccccc3)c2=O)cc1. The van der Waals surface area contributed by atoms with Gasteiger partial charge in [-0.1, -0.05) is 32.0 Å². The highest BCUT2D eigenvalue weighted by atomic mass is 16.7. The standard InChI is InChI=1S/C28H26N4O5/c1-18(2)15-29-27(33)19-8-10-20(11-9-19)31-26-25(37-22-12-13-23-24(14-22)36-17-35-23)16-30-32(28(26)34)21-6-4-3-5-7-21/h3-14,16,18,31H,15,17H2,1-2H3,(H,29,33). The number of rotatable bonds is 8. The van der Waals surface area contributed by atoms with Gasteiger partial charge in [-0.2, -0.15) is 9.78 Å². The van der Waals surface area contributed by atoms with Crippen LogP contribution in [0.2, 0.25) is 0 Å². The summed E-state index contributed by atoms with van der Waals surface area (Å²) >= 11 is 0. The molecule has 0 aliphatic carbocycles. The topological polar surface area (TPSA) is 104 Å². The largest absolute Gasteiger partial charge is 0.454 e. The molecule has 1 aliphatic heterocycles. The molecule has 9 heteroatoms. The highest BCUT2D eigenvalue weighted by molar-refractivity contribution is 5.94. The van der Waals surface area contributed by atoms with Gasteiger partial charge in [0.2, 0.25) is 6.79 Å². The number of aromatic nitrogens is 2. The summed E-state index contributed by atoms with van der Waals surface area (Å²) in [5, 5.41) is 10.4. The molecule has 3 aromatic carbocycles. The zero-order valence-electron chi connectivity index (χ0n) is 20.4. The van der Waals surface area contributed by atoms with E-state index in [-0.39, 0.29) is 24.1 Å². The third-order valence-electron chi connectivity index (χ3n) is 5.60. The Morgan fingerprint density at radius 3 is 2.54 bits per heavy atom. The van der Waals surface area contributed by atoms with E-state index in [1.807, 2.05) is 32.0 Å². The number of hydrogen-bond donors (Lipinski definition) is 2. The molecule has 4 aromatic rings. The Kier molecular flexibility index (Phi) is 6.76. The number of hydrogen-bond acceptors (Lipinski definition) is 7. The minimum atomic E-state index is -0.400. The monoisotopic (exact) mass is 498 g/mol. The van der Waals surface area contributed by atoms with Crippen LogP contribution in [0.1, 0.15) is 24.2 Å². The second-order valence-electron chi connectivity index (χ2n) is 8.86. The summed E-state index contributed by atoms with van der Waals surface area (Å²) < 4.78 is 18.1. The summed E-state index contributed by atoms with van der Waals surface area (Å²) in [6.45, 7) is 4.81. The number of ether oxygens (including phenoxy) is 3. The molecular weight excluding hydrogens is 472 g/mol. The molecule has 188 valence electrons. The quantitative estimate of drug-likeness (QED) is 0.357. The molecule has 0 fully saturated rings. The van der Waals surface area contributed by atoms with E-state index < -0.39 is 5.56 Å². The van der Waals surface area contributed by atoms with Crippen LogP contribution in [0.3, 0.4) is 0 Å². The van der Waals surface area contributed by atoms with Crippen molar-refractivity contribution in [2.75, 3.05) is 18.7 Å². The fraction of sp³-hybridized carbons (Fsp3) is 0.179. The molecule has 0 unspecified atom stereocenters. The number of amides is 1. The van der Waals surface area contributed by atoms with Crippen molar-refractivity contribution in [3.63, 3.8) is 0 Å². The Labute approximate surface area is 213 Å². The van der Waals surface area contributed by atoms with Crippen LogP contribution in [0, 0.1) is 5.92 Å². The number of para-hydroxylation sites is 1. The van der Waals surface area contributed by atoms with Gasteiger partial charge >= 0.3 is 0 Å². The number of carbonyl (C=O) groups excluding carboxylic acids is 1. The molecular formula is C28H26N4O5. The van der Waals surface area contributed by atoms with E-state index >= 15 is 0 Å². The van der Waals surface area contributed by atoms with Gasteiger partial charge in [0.1, 0.15) is 5.75 Å². The Bertz CT molecular complexity index is 1470. The predicted molar refractivity (Wildman–Crippen MR) is 139 cm³/mol. The Balaban J connectivity index is 1.46. The molecule has 2 heterocycles. The summed E-state index contributed by atoms with van der Waals surface area (Å²) in [7, 11) is 0. The average molecular weight is 499 g/mol. The van der Waals surface area contributed by atoms with Crippen LogP contribution < -0.4 is 30.4 Å². The van der Waals surface area contributed by atoms with Crippen molar-refractivity contribution < 1.29 is 19.0 Å². The molecule has 2 N–H and O–H groups in total. The van der Waals surface area contributed by atoms with E-state index in [0.717, 1.165) is 0 Å². The van der Waals surface area contributed by atoms with Crippen molar-refractivity contribution in [3.05, 3.63) is 94.9 Å². The molecule has 0 spiro atoms. The maximum Gasteiger partial charge on any atom is 0.299 e. The first kappa shape index (κ1) is 23.9. The molecule has 0 bridgehead atoms. The molecule has 5 rings (SSSR count). The fourth-order valence-corrected chi connectivity index (χ4v) is 3.70. The van der Waals surface area contributed by atoms with Crippen molar-refractivity contribution in [2.45, 2.75) is 13.8 Å². The van der Waals surface area contributed by atoms with E-state index in [1.54, 1.807) is 54.6 Å². The normalized spacial score (nSPS) is 11.9. The second-order valence-corrected chi connectivity index (χ2v) is 8.86. The minimum absolute atomic E-state index is 0.145. The zero-order chi connectivity index (χ0) is 25.8. The number of nitrogens with one attached hydrogen (secondary N) is 2. The summed E-state index contributed by atoms with van der Waals surface area (Å²) in [5.74, 6) is 2.08. The van der Waals surface area contributed by atoms with Crippen LogP contribution >= 0.6 is 0 Å². The first-order valence-electron chi connectivity index (χ1n) is 11.9. The maximum absolute atomic E-state index is 13.5. The number of carbonyl (C=O) groups is 1. The van der Waals surface area contributed by atoms with Crippen LogP contribution in [0.5, 0.6) is 23.0 Å². The van der Waals surface area contributed by atoms with Crippen LogP contribution in [-0.2, 0) is 0 Å². The Hall–Kier alpha value is -4.79. The number of nitrogens with zero attached hydrogens (tertiary/aromatic N) is 2. The number of fused-ring (bicyclic) bond motifs is 1. The van der Waals surface area contributed by atoms with Crippen molar-refractivity contribution in [3.8, 4) is 28.7 Å². The van der Waals surface area contributed by atoms with Gasteiger partial charge in [0, 0.05) is 23.9 Å². The Morgan fingerprint density at radius 2 is 1.78 bits per heavy atom. The molecule has 37 heavy (non-hydrogen) atoms. The zero-order valence-corrected chi connectivity index (χ0v) is 20.4. The lowest BCUT2D eigenvalue weighted by Gasteiger charge is -2.15. The van der Waals surface area contributed by atoms with Gasteiger partial charge in [-0.3, -0.25) is 9.59 Å². The maximum atomic E-state index is 13.5. The lowest BCUT2D eigenvalue weighted by Crippen LogP contribution is -2.27. The molecule has 0 atom stereocenters. The van der Waals surface area contributed by atoms with Gasteiger partial charge in [-0.05, 0) is 54.4 Å². The van der Waals surface area contributed by atoms with E-state index in [2.05, 4.69) is 15.7 Å². The van der Waals surface area contributed by atoms with Crippen LogP contribution in [0.4, 0.5) is 11.4 Å². The van der Waals surface area contributed by atoms with Crippen molar-refractivity contribution in [2.24, 2.45) is 5.92 Å². The molecule has 1 aliphatic rings. The first-order valence-corrected chi connectivity index (χ1v) is 11.9. The highest BCUT2D eigenvalue weighted by Gasteiger charge is 2.18. The van der Waals surface area contributed by atoms with E-state index in [9.17, 15) is 9.59 Å². The lowest BCUT2D eigenvalue weighted by atomic mass is 10.1. The van der Waals surface area contributed by atoms with Crippen LogP contribution in [0.15, 0.2) is 83.8 Å². The molecule has 9 nitrogen and oxygen atoms in total. The average Bonchev–Trinajstić information content (AvgIpc) is 3.38. The third kappa shape index (κ3) is 5.40. The first-order chi connectivity index (χ1) is 18.0. The second kappa shape index (κ2) is 10.4. The van der Waals surface area contributed by atoms with Crippen molar-refractivity contribution in [1.29, 1.82) is 0 Å². The molecule has 1 aromatic heterocycles. The molecule has 0 saturated heterocycles. The van der Waals surface area contributed by atoms with Gasteiger partial charge in [-0.25, -0.2) is 0 Å². The lowest BCUT2D eigenvalue weighted by molar-refractivity contribution is 0.0949. The summed E-state index contributed by atoms with van der Waals surface area (Å²) in [6, 6.07) is 21.2. The van der Waals surface area contributed by atoms with Gasteiger partial charge in [-0.15, -0.1) is 0 Å². The minimum Gasteiger partial charge on any atom is -0.454 e. The molecule has 1 amide bonds. The van der Waals surface area contributed by atoms with E-state index in [0.29, 0.717) is 46.6 Å². The molecule has 0 saturated carbocycles. The fourth-order valence-electron chi connectivity index (χ4n) is 3.70. The van der Waals surface area contributed by atoms with Crippen molar-refractivity contribution >= 4 is 17.3 Å². The highest BCUT2D eigenvalue weighted by Crippen LogP contribution is 2.37. The predicted octanol–water partition coefficient (Wildman–Crippen LogP) is 4.88. The van der Waals surface area contributed by atoms with Crippen molar-refractivity contribution in [1.82, 2.24) is 15.1 Å². The Morgan fingerprint density at radius 1 is 1.03 bits per heavy atom. The number of benzene rings is 3. The van der Waals surface area contributed by atoms with Gasteiger partial charge < -0.3 is 24.8 Å². The van der Waals surface area contributed by atoms with Crippen LogP contribution in [-0.4, -0.2) is 29.0 Å². The number of anilines is 2. The summed E-state index contributed by atoms with van der Waals surface area (Å²) in [4.78, 5) is 25.9. The molecule has 0 radical (unpaired) electrons. The summed E-state index contributed by atoms with van der Waals surface area (Å²) in [6.07, 6.45) is 1.48. The van der Waals surface area contributed by atoms with Gasteiger partial charge in [0.25, 0.3) is 11.5 Å². The summed E-state index contributed by atoms with van der Waals surface area (Å²) in [5.41, 5.74) is 1.54.